The highest BCUT2D eigenvalue weighted by Gasteiger charge is 2.08. The Labute approximate surface area is 129 Å². The van der Waals surface area contributed by atoms with Gasteiger partial charge >= 0.3 is 0 Å². The second kappa shape index (κ2) is 6.94. The van der Waals surface area contributed by atoms with Crippen LogP contribution in [0.1, 0.15) is 21.5 Å². The molecule has 0 saturated heterocycles. The number of rotatable bonds is 2. The Balaban J connectivity index is 2.26. The minimum absolute atomic E-state index is 0.202. The second-order valence-corrected chi connectivity index (χ2v) is 4.95. The maximum Gasteiger partial charge on any atom is 0.255 e. The van der Waals surface area contributed by atoms with Gasteiger partial charge in [-0.2, -0.15) is 0 Å². The zero-order chi connectivity index (χ0) is 15.2. The summed E-state index contributed by atoms with van der Waals surface area (Å²) in [6, 6.07) is 12.4. The van der Waals surface area contributed by atoms with Gasteiger partial charge < -0.3 is 11.1 Å². The number of carbonyl (C=O) groups is 1. The largest absolute Gasteiger partial charge is 0.321 e. The molecule has 2 aromatic rings. The molecule has 0 heterocycles. The Morgan fingerprint density at radius 1 is 1.24 bits per heavy atom. The van der Waals surface area contributed by atoms with Crippen LogP contribution in [0.5, 0.6) is 0 Å². The number of benzene rings is 2. The molecule has 3 N–H and O–H groups in total. The van der Waals surface area contributed by atoms with Crippen LogP contribution in [-0.4, -0.2) is 12.5 Å². The van der Waals surface area contributed by atoms with Crippen LogP contribution in [-0.2, 0) is 0 Å². The van der Waals surface area contributed by atoms with E-state index in [1.165, 1.54) is 0 Å². The lowest BCUT2D eigenvalue weighted by Crippen LogP contribution is -2.12. The molecule has 21 heavy (non-hydrogen) atoms. The fourth-order valence-electron chi connectivity index (χ4n) is 1.81. The van der Waals surface area contributed by atoms with Crippen LogP contribution in [0.2, 0.25) is 5.02 Å². The van der Waals surface area contributed by atoms with Gasteiger partial charge in [0.15, 0.2) is 0 Å². The monoisotopic (exact) mass is 298 g/mol. The lowest BCUT2D eigenvalue weighted by molar-refractivity contribution is 0.102. The Kier molecular flexibility index (Phi) is 4.99. The summed E-state index contributed by atoms with van der Waals surface area (Å²) in [5, 5.41) is 3.45. The van der Waals surface area contributed by atoms with Gasteiger partial charge in [-0.1, -0.05) is 29.5 Å². The Morgan fingerprint density at radius 3 is 2.62 bits per heavy atom. The summed E-state index contributed by atoms with van der Waals surface area (Å²) in [7, 11) is 0. The first-order valence-electron chi connectivity index (χ1n) is 6.46. The van der Waals surface area contributed by atoms with Gasteiger partial charge in [0.25, 0.3) is 5.91 Å². The third-order valence-corrected chi connectivity index (χ3v) is 3.11. The van der Waals surface area contributed by atoms with E-state index in [0.717, 1.165) is 11.1 Å². The van der Waals surface area contributed by atoms with Crippen molar-refractivity contribution in [2.45, 2.75) is 6.92 Å². The maximum absolute atomic E-state index is 12.2. The van der Waals surface area contributed by atoms with E-state index in [1.54, 1.807) is 24.3 Å². The number of halogens is 1. The summed E-state index contributed by atoms with van der Waals surface area (Å²) in [6.45, 7) is 2.25. The predicted molar refractivity (Wildman–Crippen MR) is 86.5 cm³/mol. The Hall–Kier alpha value is -2.28. The van der Waals surface area contributed by atoms with Crippen molar-refractivity contribution in [3.05, 3.63) is 64.2 Å². The minimum Gasteiger partial charge on any atom is -0.321 e. The van der Waals surface area contributed by atoms with Gasteiger partial charge in [-0.15, -0.1) is 0 Å². The molecule has 0 saturated carbocycles. The molecule has 1 amide bonds. The molecule has 3 nitrogen and oxygen atoms in total. The number of nitrogens with two attached hydrogens (primary N) is 1. The average molecular weight is 299 g/mol. The Bertz CT molecular complexity index is 712. The van der Waals surface area contributed by atoms with Crippen molar-refractivity contribution in [1.82, 2.24) is 0 Å². The molecule has 2 rings (SSSR count). The normalized spacial score (nSPS) is 9.67. The van der Waals surface area contributed by atoms with E-state index in [9.17, 15) is 4.79 Å². The van der Waals surface area contributed by atoms with Crippen LogP contribution < -0.4 is 11.1 Å². The lowest BCUT2D eigenvalue weighted by atomic mass is 10.1. The molecule has 0 spiro atoms. The predicted octanol–water partition coefficient (Wildman–Crippen LogP) is 3.21. The third kappa shape index (κ3) is 4.09. The molecule has 0 fully saturated rings. The van der Waals surface area contributed by atoms with Crippen molar-refractivity contribution in [2.24, 2.45) is 5.73 Å². The minimum atomic E-state index is -0.202. The molecule has 4 heteroatoms. The molecule has 0 radical (unpaired) electrons. The molecule has 0 aromatic heterocycles. The quantitative estimate of drug-likeness (QED) is 0.837. The van der Waals surface area contributed by atoms with Crippen molar-refractivity contribution in [3.63, 3.8) is 0 Å². The molecule has 0 aliphatic rings. The van der Waals surface area contributed by atoms with E-state index >= 15 is 0 Å². The van der Waals surface area contributed by atoms with Gasteiger partial charge in [-0.25, -0.2) is 0 Å². The highest BCUT2D eigenvalue weighted by molar-refractivity contribution is 6.30. The highest BCUT2D eigenvalue weighted by Crippen LogP contribution is 2.18. The molecule has 0 aliphatic carbocycles. The van der Waals surface area contributed by atoms with Crippen molar-refractivity contribution in [2.75, 3.05) is 11.9 Å². The summed E-state index contributed by atoms with van der Waals surface area (Å²) in [4.78, 5) is 12.2. The number of carbonyl (C=O) groups excluding carboxylic acids is 1. The summed E-state index contributed by atoms with van der Waals surface area (Å²) >= 11 is 5.81. The first-order valence-corrected chi connectivity index (χ1v) is 6.84. The summed E-state index contributed by atoms with van der Waals surface area (Å²) in [5.41, 5.74) is 8.43. The first kappa shape index (κ1) is 15.1. The Morgan fingerprint density at radius 2 is 1.95 bits per heavy atom. The maximum atomic E-state index is 12.2. The molecular formula is C17H15ClN2O. The number of hydrogen-bond acceptors (Lipinski definition) is 2. The number of nitrogens with one attached hydrogen (secondary N) is 1. The van der Waals surface area contributed by atoms with Crippen LogP contribution >= 0.6 is 11.6 Å². The van der Waals surface area contributed by atoms with Gasteiger partial charge in [0.05, 0.1) is 12.2 Å². The molecule has 0 atom stereocenters. The van der Waals surface area contributed by atoms with Gasteiger partial charge in [0.2, 0.25) is 0 Å². The van der Waals surface area contributed by atoms with Gasteiger partial charge in [-0.05, 0) is 48.9 Å². The van der Waals surface area contributed by atoms with E-state index in [4.69, 9.17) is 17.3 Å². The standard InChI is InChI=1S/C17H15ClN2O/c1-12-4-9-16(14(11-12)3-2-10-19)20-17(21)13-5-7-15(18)8-6-13/h4-9,11H,10,19H2,1H3,(H,20,21). The van der Waals surface area contributed by atoms with Gasteiger partial charge in [0, 0.05) is 16.1 Å². The zero-order valence-corrected chi connectivity index (χ0v) is 12.4. The topological polar surface area (TPSA) is 55.1 Å². The average Bonchev–Trinajstić information content (AvgIpc) is 2.48. The molecule has 106 valence electrons. The number of anilines is 1. The van der Waals surface area contributed by atoms with Gasteiger partial charge in [0.1, 0.15) is 0 Å². The number of hydrogen-bond donors (Lipinski definition) is 2. The summed E-state index contributed by atoms with van der Waals surface area (Å²) < 4.78 is 0. The van der Waals surface area contributed by atoms with E-state index in [0.29, 0.717) is 16.3 Å². The molecular weight excluding hydrogens is 284 g/mol. The van der Waals surface area contributed by atoms with Crippen LogP contribution in [0.25, 0.3) is 0 Å². The van der Waals surface area contributed by atoms with Gasteiger partial charge in [-0.3, -0.25) is 4.79 Å². The highest BCUT2D eigenvalue weighted by atomic mass is 35.5. The van der Waals surface area contributed by atoms with Crippen molar-refractivity contribution < 1.29 is 4.79 Å². The smallest absolute Gasteiger partial charge is 0.255 e. The van der Waals surface area contributed by atoms with E-state index in [1.807, 2.05) is 25.1 Å². The van der Waals surface area contributed by atoms with E-state index in [2.05, 4.69) is 17.2 Å². The molecule has 0 bridgehead atoms. The third-order valence-electron chi connectivity index (χ3n) is 2.85. The van der Waals surface area contributed by atoms with Crippen molar-refractivity contribution in [3.8, 4) is 11.8 Å². The summed E-state index contributed by atoms with van der Waals surface area (Å²) in [5.74, 6) is 5.57. The summed E-state index contributed by atoms with van der Waals surface area (Å²) in [6.07, 6.45) is 0. The van der Waals surface area contributed by atoms with Crippen LogP contribution in [0, 0.1) is 18.8 Å². The lowest BCUT2D eigenvalue weighted by Gasteiger charge is -2.08. The van der Waals surface area contributed by atoms with Crippen LogP contribution in [0.3, 0.4) is 0 Å². The van der Waals surface area contributed by atoms with Crippen LogP contribution in [0.4, 0.5) is 5.69 Å². The second-order valence-electron chi connectivity index (χ2n) is 4.52. The van der Waals surface area contributed by atoms with Crippen molar-refractivity contribution in [1.29, 1.82) is 0 Å². The fraction of sp³-hybridized carbons (Fsp3) is 0.118. The SMILES string of the molecule is Cc1ccc(NC(=O)c2ccc(Cl)cc2)c(C#CCN)c1. The van der Waals surface area contributed by atoms with Crippen LogP contribution in [0.15, 0.2) is 42.5 Å². The molecule has 0 unspecified atom stereocenters. The van der Waals surface area contributed by atoms with E-state index < -0.39 is 0 Å². The zero-order valence-electron chi connectivity index (χ0n) is 11.6. The molecule has 2 aromatic carbocycles. The fourth-order valence-corrected chi connectivity index (χ4v) is 1.94. The first-order chi connectivity index (χ1) is 10.1. The van der Waals surface area contributed by atoms with E-state index in [-0.39, 0.29) is 12.5 Å². The number of amides is 1. The number of aryl methyl sites for hydroxylation is 1. The van der Waals surface area contributed by atoms with Crippen molar-refractivity contribution >= 4 is 23.2 Å². The molecule has 0 aliphatic heterocycles.